The highest BCUT2D eigenvalue weighted by Gasteiger charge is 2.23. The van der Waals surface area contributed by atoms with Gasteiger partial charge in [0.1, 0.15) is 4.90 Å². The molecule has 2 aromatic carbocycles. The highest BCUT2D eigenvalue weighted by molar-refractivity contribution is 7.92. The molecule has 0 spiro atoms. The quantitative estimate of drug-likeness (QED) is 0.518. The summed E-state index contributed by atoms with van der Waals surface area (Å²) in [6, 6.07) is 10.9. The Hall–Kier alpha value is -2.25. The molecule has 0 aliphatic carbocycles. The van der Waals surface area contributed by atoms with Gasteiger partial charge in [-0.05, 0) is 69.7 Å². The highest BCUT2D eigenvalue weighted by atomic mass is 35.5. The van der Waals surface area contributed by atoms with E-state index in [1.807, 2.05) is 6.92 Å². The van der Waals surface area contributed by atoms with E-state index in [4.69, 9.17) is 16.3 Å². The molecule has 0 saturated carbocycles. The number of ether oxygens (including phenoxy) is 1. The van der Waals surface area contributed by atoms with Crippen molar-refractivity contribution in [1.29, 1.82) is 0 Å². The molecule has 0 radical (unpaired) electrons. The van der Waals surface area contributed by atoms with Gasteiger partial charge in [0.05, 0.1) is 17.4 Å². The molecule has 0 fully saturated rings. The fourth-order valence-corrected chi connectivity index (χ4v) is 4.15. The summed E-state index contributed by atoms with van der Waals surface area (Å²) in [5, 5.41) is 3.73. The second-order valence-electron chi connectivity index (χ2n) is 7.11. The van der Waals surface area contributed by atoms with Crippen LogP contribution in [0.1, 0.15) is 50.9 Å². The first kappa shape index (κ1) is 23.0. The first-order valence-corrected chi connectivity index (χ1v) is 11.4. The van der Waals surface area contributed by atoms with E-state index in [0.717, 1.165) is 12.8 Å². The van der Waals surface area contributed by atoms with E-state index in [1.165, 1.54) is 6.07 Å². The first-order chi connectivity index (χ1) is 13.6. The number of esters is 1. The monoisotopic (exact) mass is 438 g/mol. The minimum absolute atomic E-state index is 0.0198. The summed E-state index contributed by atoms with van der Waals surface area (Å²) in [4.78, 5) is 12.3. The molecule has 2 rings (SSSR count). The molecule has 0 unspecified atom stereocenters. The average Bonchev–Trinajstić information content (AvgIpc) is 2.63. The summed E-state index contributed by atoms with van der Waals surface area (Å²) >= 11 is 5.87. The summed E-state index contributed by atoms with van der Waals surface area (Å²) in [7, 11) is -3.97. The third kappa shape index (κ3) is 6.65. The van der Waals surface area contributed by atoms with E-state index in [0.29, 0.717) is 16.4 Å². The fourth-order valence-electron chi connectivity index (χ4n) is 2.77. The summed E-state index contributed by atoms with van der Waals surface area (Å²) in [5.41, 5.74) is 0.967. The summed E-state index contributed by atoms with van der Waals surface area (Å²) in [6.07, 6.45) is 1.52. The molecule has 6 nitrogen and oxygen atoms in total. The topological polar surface area (TPSA) is 84.5 Å². The number of hydrogen-bond donors (Lipinski definition) is 2. The van der Waals surface area contributed by atoms with Crippen LogP contribution in [0.15, 0.2) is 47.4 Å². The van der Waals surface area contributed by atoms with Crippen molar-refractivity contribution >= 4 is 39.0 Å². The van der Waals surface area contributed by atoms with Crippen molar-refractivity contribution in [2.45, 2.75) is 57.6 Å². The van der Waals surface area contributed by atoms with Gasteiger partial charge in [-0.2, -0.15) is 0 Å². The minimum atomic E-state index is -3.97. The van der Waals surface area contributed by atoms with Crippen LogP contribution in [0.2, 0.25) is 5.02 Å². The molecule has 29 heavy (non-hydrogen) atoms. The number of hydrogen-bond acceptors (Lipinski definition) is 5. The lowest BCUT2D eigenvalue weighted by atomic mass is 10.1. The van der Waals surface area contributed by atoms with Gasteiger partial charge >= 0.3 is 5.97 Å². The molecule has 158 valence electrons. The molecule has 2 N–H and O–H groups in total. The lowest BCUT2D eigenvalue weighted by Gasteiger charge is -2.19. The van der Waals surface area contributed by atoms with Crippen LogP contribution in [-0.4, -0.2) is 26.5 Å². The van der Waals surface area contributed by atoms with E-state index in [9.17, 15) is 13.2 Å². The first-order valence-electron chi connectivity index (χ1n) is 9.52. The Kier molecular flexibility index (Phi) is 7.93. The Morgan fingerprint density at radius 2 is 1.76 bits per heavy atom. The average molecular weight is 439 g/mol. The van der Waals surface area contributed by atoms with Crippen LogP contribution in [0.5, 0.6) is 0 Å². The number of rotatable bonds is 9. The minimum Gasteiger partial charge on any atom is -0.459 e. The standard InChI is InChI=1S/C21H27ClN2O4S/c1-5-6-15(4)23-19-12-7-16(21(25)28-14(2)3)13-20(19)29(26,27)24-18-10-8-17(22)9-11-18/h7-15,23-24H,5-6H2,1-4H3/t15-/m1/s1. The maximum absolute atomic E-state index is 13.1. The molecule has 0 aromatic heterocycles. The van der Waals surface area contributed by atoms with Crippen molar-refractivity contribution in [2.24, 2.45) is 0 Å². The number of sulfonamides is 1. The zero-order valence-electron chi connectivity index (χ0n) is 17.0. The SMILES string of the molecule is CCC[C@@H](C)Nc1ccc(C(=O)OC(C)C)cc1S(=O)(=O)Nc1ccc(Cl)cc1. The van der Waals surface area contributed by atoms with Crippen LogP contribution in [0.25, 0.3) is 0 Å². The number of anilines is 2. The second-order valence-corrected chi connectivity index (χ2v) is 9.20. The largest absolute Gasteiger partial charge is 0.459 e. The zero-order valence-corrected chi connectivity index (χ0v) is 18.6. The van der Waals surface area contributed by atoms with Crippen molar-refractivity contribution in [3.63, 3.8) is 0 Å². The van der Waals surface area contributed by atoms with E-state index in [1.54, 1.807) is 50.2 Å². The predicted octanol–water partition coefficient (Wildman–Crippen LogP) is 5.31. The van der Waals surface area contributed by atoms with Crippen molar-refractivity contribution in [2.75, 3.05) is 10.0 Å². The van der Waals surface area contributed by atoms with E-state index in [-0.39, 0.29) is 22.6 Å². The molecular weight excluding hydrogens is 412 g/mol. The Bertz CT molecular complexity index is 944. The highest BCUT2D eigenvalue weighted by Crippen LogP contribution is 2.27. The summed E-state index contributed by atoms with van der Waals surface area (Å²) in [6.45, 7) is 7.51. The van der Waals surface area contributed by atoms with Gasteiger partial charge in [-0.25, -0.2) is 13.2 Å². The van der Waals surface area contributed by atoms with Crippen molar-refractivity contribution in [3.05, 3.63) is 53.1 Å². The number of carbonyl (C=O) groups is 1. The molecular formula is C21H27ClN2O4S. The lowest BCUT2D eigenvalue weighted by Crippen LogP contribution is -2.21. The summed E-state index contributed by atoms with van der Waals surface area (Å²) in [5.74, 6) is -0.573. The maximum Gasteiger partial charge on any atom is 0.338 e. The van der Waals surface area contributed by atoms with Gasteiger partial charge in [0, 0.05) is 16.8 Å². The Labute approximate surface area is 177 Å². The van der Waals surface area contributed by atoms with Crippen molar-refractivity contribution in [1.82, 2.24) is 0 Å². The predicted molar refractivity (Wildman–Crippen MR) is 117 cm³/mol. The Morgan fingerprint density at radius 1 is 1.10 bits per heavy atom. The number of halogens is 1. The molecule has 8 heteroatoms. The van der Waals surface area contributed by atoms with Crippen LogP contribution < -0.4 is 10.0 Å². The van der Waals surface area contributed by atoms with E-state index >= 15 is 0 Å². The molecule has 0 amide bonds. The molecule has 0 bridgehead atoms. The van der Waals surface area contributed by atoms with Gasteiger partial charge in [0.2, 0.25) is 0 Å². The van der Waals surface area contributed by atoms with Gasteiger partial charge < -0.3 is 10.1 Å². The Morgan fingerprint density at radius 3 is 2.34 bits per heavy atom. The molecule has 2 aromatic rings. The van der Waals surface area contributed by atoms with Crippen LogP contribution in [0.4, 0.5) is 11.4 Å². The molecule has 0 heterocycles. The number of benzene rings is 2. The fraction of sp³-hybridized carbons (Fsp3) is 0.381. The zero-order chi connectivity index (χ0) is 21.6. The molecule has 0 aliphatic rings. The third-order valence-electron chi connectivity index (χ3n) is 4.07. The van der Waals surface area contributed by atoms with Gasteiger partial charge in [-0.3, -0.25) is 4.72 Å². The smallest absolute Gasteiger partial charge is 0.338 e. The van der Waals surface area contributed by atoms with E-state index < -0.39 is 16.0 Å². The van der Waals surface area contributed by atoms with Crippen LogP contribution in [0, 0.1) is 0 Å². The number of nitrogens with one attached hydrogen (secondary N) is 2. The second kappa shape index (κ2) is 9.98. The van der Waals surface area contributed by atoms with Gasteiger partial charge in [-0.15, -0.1) is 0 Å². The molecule has 0 saturated heterocycles. The normalized spacial score (nSPS) is 12.5. The van der Waals surface area contributed by atoms with Crippen LogP contribution in [-0.2, 0) is 14.8 Å². The maximum atomic E-state index is 13.1. The third-order valence-corrected chi connectivity index (χ3v) is 5.74. The molecule has 1 atom stereocenters. The van der Waals surface area contributed by atoms with Crippen molar-refractivity contribution < 1.29 is 17.9 Å². The van der Waals surface area contributed by atoms with Gasteiger partial charge in [0.25, 0.3) is 10.0 Å². The van der Waals surface area contributed by atoms with Gasteiger partial charge in [-0.1, -0.05) is 24.9 Å². The number of carbonyl (C=O) groups excluding carboxylic acids is 1. The van der Waals surface area contributed by atoms with Crippen LogP contribution in [0.3, 0.4) is 0 Å². The van der Waals surface area contributed by atoms with E-state index in [2.05, 4.69) is 17.0 Å². The Balaban J connectivity index is 2.44. The molecule has 0 aliphatic heterocycles. The van der Waals surface area contributed by atoms with Crippen LogP contribution >= 0.6 is 11.6 Å². The lowest BCUT2D eigenvalue weighted by molar-refractivity contribution is 0.0377. The van der Waals surface area contributed by atoms with Crippen molar-refractivity contribution in [3.8, 4) is 0 Å². The summed E-state index contributed by atoms with van der Waals surface area (Å²) < 4.78 is 34.0. The van der Waals surface area contributed by atoms with Gasteiger partial charge in [0.15, 0.2) is 0 Å².